The zero-order valence-corrected chi connectivity index (χ0v) is 21.7. The normalized spacial score (nSPS) is 12.0. The van der Waals surface area contributed by atoms with Crippen LogP contribution in [0, 0.1) is 12.7 Å². The van der Waals surface area contributed by atoms with Crippen LogP contribution in [0.3, 0.4) is 0 Å². The van der Waals surface area contributed by atoms with E-state index in [0.29, 0.717) is 10.6 Å². The lowest BCUT2D eigenvalue weighted by molar-refractivity contribution is -0.139. The van der Waals surface area contributed by atoms with Gasteiger partial charge in [-0.05, 0) is 49.7 Å². The molecule has 190 valence electrons. The molecule has 0 unspecified atom stereocenters. The minimum absolute atomic E-state index is 0.0165. The molecule has 0 spiro atoms. The van der Waals surface area contributed by atoms with Crippen LogP contribution in [-0.4, -0.2) is 44.8 Å². The first kappa shape index (κ1) is 27.2. The van der Waals surface area contributed by atoms with Crippen molar-refractivity contribution in [2.75, 3.05) is 17.9 Å². The monoisotopic (exact) mass is 531 g/mol. The highest BCUT2D eigenvalue weighted by atomic mass is 35.5. The number of anilines is 1. The van der Waals surface area contributed by atoms with Crippen molar-refractivity contribution in [3.8, 4) is 0 Å². The predicted octanol–water partition coefficient (Wildman–Crippen LogP) is 4.15. The molecule has 3 aromatic carbocycles. The average Bonchev–Trinajstić information content (AvgIpc) is 2.87. The molecule has 3 aromatic rings. The molecule has 0 aliphatic rings. The quantitative estimate of drug-likeness (QED) is 0.449. The fraction of sp³-hybridized carbons (Fsp3) is 0.231. The van der Waals surface area contributed by atoms with Gasteiger partial charge in [-0.2, -0.15) is 0 Å². The molecule has 0 saturated carbocycles. The van der Waals surface area contributed by atoms with Crippen LogP contribution < -0.4 is 9.62 Å². The van der Waals surface area contributed by atoms with Crippen LogP contribution in [0.25, 0.3) is 0 Å². The number of carbonyl (C=O) groups is 2. The number of nitrogens with zero attached hydrogens (tertiary/aromatic N) is 2. The van der Waals surface area contributed by atoms with E-state index in [9.17, 15) is 22.4 Å². The summed E-state index contributed by atoms with van der Waals surface area (Å²) in [4.78, 5) is 27.3. The SMILES string of the molecule is CNC(=O)[C@H](C)N(Cc1ccccc1F)C(=O)CN(c1cc(Cl)ccc1C)S(=O)(=O)c1ccccc1. The number of hydrogen-bond acceptors (Lipinski definition) is 4. The lowest BCUT2D eigenvalue weighted by Gasteiger charge is -2.32. The number of hydrogen-bond donors (Lipinski definition) is 1. The third-order valence-electron chi connectivity index (χ3n) is 5.76. The fourth-order valence-corrected chi connectivity index (χ4v) is 5.34. The van der Waals surface area contributed by atoms with Crippen molar-refractivity contribution >= 4 is 39.1 Å². The van der Waals surface area contributed by atoms with Crippen LogP contribution in [0.1, 0.15) is 18.1 Å². The Kier molecular flexibility index (Phi) is 8.70. The lowest BCUT2D eigenvalue weighted by Crippen LogP contribution is -2.51. The molecule has 3 rings (SSSR count). The van der Waals surface area contributed by atoms with Crippen molar-refractivity contribution in [3.05, 3.63) is 94.8 Å². The molecule has 0 aliphatic heterocycles. The van der Waals surface area contributed by atoms with Gasteiger partial charge in [0.15, 0.2) is 0 Å². The maximum absolute atomic E-state index is 14.4. The number of amides is 2. The third-order valence-corrected chi connectivity index (χ3v) is 7.77. The summed E-state index contributed by atoms with van der Waals surface area (Å²) in [7, 11) is -2.78. The summed E-state index contributed by atoms with van der Waals surface area (Å²) in [6.07, 6.45) is 0. The molecule has 0 bridgehead atoms. The topological polar surface area (TPSA) is 86.8 Å². The Bertz CT molecular complexity index is 1350. The van der Waals surface area contributed by atoms with E-state index < -0.39 is 40.2 Å². The van der Waals surface area contributed by atoms with Gasteiger partial charge in [0.05, 0.1) is 10.6 Å². The number of likely N-dealkylation sites (N-methyl/N-ethyl adjacent to an activating group) is 1. The molecule has 0 aromatic heterocycles. The standard InChI is InChI=1S/C26H27ClFN3O4S/c1-18-13-14-21(27)15-24(18)31(36(34,35)22-10-5-4-6-11-22)17-25(32)30(19(2)26(33)29-3)16-20-9-7-8-12-23(20)28/h4-15,19H,16-17H2,1-3H3,(H,29,33)/t19-/m0/s1. The van der Waals surface area contributed by atoms with E-state index in [4.69, 9.17) is 11.6 Å². The first-order chi connectivity index (χ1) is 17.1. The molecule has 7 nitrogen and oxygen atoms in total. The molecule has 36 heavy (non-hydrogen) atoms. The van der Waals surface area contributed by atoms with Crippen LogP contribution in [-0.2, 0) is 26.2 Å². The molecule has 0 heterocycles. The van der Waals surface area contributed by atoms with E-state index in [-0.39, 0.29) is 22.7 Å². The first-order valence-electron chi connectivity index (χ1n) is 11.1. The van der Waals surface area contributed by atoms with Gasteiger partial charge in [0.2, 0.25) is 11.8 Å². The molecule has 0 fully saturated rings. The second-order valence-electron chi connectivity index (χ2n) is 8.16. The van der Waals surface area contributed by atoms with E-state index in [0.717, 1.165) is 9.21 Å². The molecule has 1 atom stereocenters. The zero-order valence-electron chi connectivity index (χ0n) is 20.1. The zero-order chi connectivity index (χ0) is 26.5. The molecule has 0 radical (unpaired) electrons. The van der Waals surface area contributed by atoms with Gasteiger partial charge in [0.25, 0.3) is 10.0 Å². The van der Waals surface area contributed by atoms with Gasteiger partial charge in [0.1, 0.15) is 18.4 Å². The number of carbonyl (C=O) groups excluding carboxylic acids is 2. The molecule has 0 aliphatic carbocycles. The van der Waals surface area contributed by atoms with Gasteiger partial charge in [-0.15, -0.1) is 0 Å². The third kappa shape index (κ3) is 6.03. The number of halogens is 2. The van der Waals surface area contributed by atoms with Crippen molar-refractivity contribution in [2.24, 2.45) is 0 Å². The van der Waals surface area contributed by atoms with Crippen LogP contribution in [0.15, 0.2) is 77.7 Å². The van der Waals surface area contributed by atoms with Crippen LogP contribution in [0.2, 0.25) is 5.02 Å². The minimum atomic E-state index is -4.20. The molecule has 2 amide bonds. The number of benzene rings is 3. The highest BCUT2D eigenvalue weighted by Crippen LogP contribution is 2.30. The highest BCUT2D eigenvalue weighted by molar-refractivity contribution is 7.92. The summed E-state index contributed by atoms with van der Waals surface area (Å²) in [5, 5.41) is 2.77. The molecule has 10 heteroatoms. The van der Waals surface area contributed by atoms with Gasteiger partial charge in [-0.25, -0.2) is 12.8 Å². The number of aryl methyl sites for hydroxylation is 1. The highest BCUT2D eigenvalue weighted by Gasteiger charge is 2.33. The Balaban J connectivity index is 2.08. The van der Waals surface area contributed by atoms with Crippen LogP contribution >= 0.6 is 11.6 Å². The fourth-order valence-electron chi connectivity index (χ4n) is 3.69. The van der Waals surface area contributed by atoms with Crippen molar-refractivity contribution in [1.29, 1.82) is 0 Å². The number of sulfonamides is 1. The Labute approximate surface area is 215 Å². The summed E-state index contributed by atoms with van der Waals surface area (Å²) < 4.78 is 42.8. The van der Waals surface area contributed by atoms with Crippen molar-refractivity contribution in [2.45, 2.75) is 31.3 Å². The summed E-state index contributed by atoms with van der Waals surface area (Å²) in [5.41, 5.74) is 0.989. The maximum Gasteiger partial charge on any atom is 0.264 e. The number of nitrogens with one attached hydrogen (secondary N) is 1. The van der Waals surface area contributed by atoms with E-state index >= 15 is 0 Å². The summed E-state index contributed by atoms with van der Waals surface area (Å²) in [5.74, 6) is -1.71. The summed E-state index contributed by atoms with van der Waals surface area (Å²) >= 11 is 6.18. The lowest BCUT2D eigenvalue weighted by atomic mass is 10.1. The Morgan fingerprint density at radius 1 is 1.03 bits per heavy atom. The van der Waals surface area contributed by atoms with E-state index in [2.05, 4.69) is 5.32 Å². The molecule has 1 N–H and O–H groups in total. The van der Waals surface area contributed by atoms with Crippen molar-refractivity contribution in [3.63, 3.8) is 0 Å². The van der Waals surface area contributed by atoms with Crippen molar-refractivity contribution in [1.82, 2.24) is 10.2 Å². The first-order valence-corrected chi connectivity index (χ1v) is 13.0. The van der Waals surface area contributed by atoms with E-state index in [1.165, 1.54) is 50.4 Å². The maximum atomic E-state index is 14.4. The Morgan fingerprint density at radius 2 is 1.67 bits per heavy atom. The van der Waals surface area contributed by atoms with Gasteiger partial charge in [-0.1, -0.05) is 54.1 Å². The average molecular weight is 532 g/mol. The van der Waals surface area contributed by atoms with Gasteiger partial charge < -0.3 is 10.2 Å². The van der Waals surface area contributed by atoms with Crippen LogP contribution in [0.5, 0.6) is 0 Å². The largest absolute Gasteiger partial charge is 0.357 e. The predicted molar refractivity (Wildman–Crippen MR) is 138 cm³/mol. The minimum Gasteiger partial charge on any atom is -0.357 e. The summed E-state index contributed by atoms with van der Waals surface area (Å²) in [6, 6.07) is 17.3. The van der Waals surface area contributed by atoms with Crippen LogP contribution in [0.4, 0.5) is 10.1 Å². The molecular weight excluding hydrogens is 505 g/mol. The smallest absolute Gasteiger partial charge is 0.264 e. The van der Waals surface area contributed by atoms with Gasteiger partial charge >= 0.3 is 0 Å². The molecule has 0 saturated heterocycles. The van der Waals surface area contributed by atoms with E-state index in [1.54, 1.807) is 43.3 Å². The van der Waals surface area contributed by atoms with E-state index in [1.807, 2.05) is 0 Å². The Hall–Kier alpha value is -3.43. The van der Waals surface area contributed by atoms with Crippen molar-refractivity contribution < 1.29 is 22.4 Å². The second kappa shape index (κ2) is 11.5. The second-order valence-corrected chi connectivity index (χ2v) is 10.5. The Morgan fingerprint density at radius 3 is 2.31 bits per heavy atom. The van der Waals surface area contributed by atoms with Gasteiger partial charge in [0, 0.05) is 24.2 Å². The number of rotatable bonds is 9. The van der Waals surface area contributed by atoms with Gasteiger partial charge in [-0.3, -0.25) is 13.9 Å². The molecular formula is C26H27ClFN3O4S. The summed E-state index contributed by atoms with van der Waals surface area (Å²) in [6.45, 7) is 2.34.